The van der Waals surface area contributed by atoms with Crippen LogP contribution in [0.2, 0.25) is 0 Å². The lowest BCUT2D eigenvalue weighted by Gasteiger charge is -2.22. The molecule has 18 heavy (non-hydrogen) atoms. The summed E-state index contributed by atoms with van der Waals surface area (Å²) in [6.45, 7) is 0.145. The number of guanidine groups is 1. The third kappa shape index (κ3) is 3.86. The van der Waals surface area contributed by atoms with Crippen LogP contribution < -0.4 is 0 Å². The molecule has 0 fully saturated rings. The van der Waals surface area contributed by atoms with Crippen molar-refractivity contribution in [1.82, 2.24) is 14.8 Å². The molecule has 0 aliphatic rings. The Morgan fingerprint density at radius 1 is 1.28 bits per heavy atom. The van der Waals surface area contributed by atoms with Crippen LogP contribution in [-0.2, 0) is 12.7 Å². The highest BCUT2D eigenvalue weighted by Gasteiger charge is 2.33. The average molecular weight is 280 g/mol. The number of aromatic nitrogens is 1. The summed E-state index contributed by atoms with van der Waals surface area (Å²) in [5, 5.41) is 1.36. The summed E-state index contributed by atoms with van der Waals surface area (Å²) in [5.74, 6) is 0.679. The van der Waals surface area contributed by atoms with Crippen LogP contribution in [0.4, 0.5) is 13.2 Å². The van der Waals surface area contributed by atoms with Crippen molar-refractivity contribution in [1.29, 1.82) is 0 Å². The minimum absolute atomic E-state index is 0.145. The molecular weight excluding hydrogens is 265 g/mol. The van der Waals surface area contributed by atoms with Gasteiger partial charge in [-0.2, -0.15) is 13.2 Å². The fourth-order valence-electron chi connectivity index (χ4n) is 1.33. The van der Waals surface area contributed by atoms with E-state index in [1.165, 1.54) is 0 Å². The summed E-state index contributed by atoms with van der Waals surface area (Å²) in [6.07, 6.45) is -4.38. The summed E-state index contributed by atoms with van der Waals surface area (Å²) >= 11 is 0.967. The van der Waals surface area contributed by atoms with Crippen molar-refractivity contribution in [3.05, 3.63) is 16.1 Å². The molecule has 1 rings (SSSR count). The Labute approximate surface area is 108 Å². The van der Waals surface area contributed by atoms with Crippen molar-refractivity contribution in [3.63, 3.8) is 0 Å². The lowest BCUT2D eigenvalue weighted by molar-refractivity contribution is -0.140. The fraction of sp³-hybridized carbons (Fsp3) is 0.600. The average Bonchev–Trinajstić information content (AvgIpc) is 2.64. The summed E-state index contributed by atoms with van der Waals surface area (Å²) in [7, 11) is 7.29. The van der Waals surface area contributed by atoms with E-state index >= 15 is 0 Å². The van der Waals surface area contributed by atoms with E-state index in [4.69, 9.17) is 0 Å². The zero-order valence-corrected chi connectivity index (χ0v) is 11.4. The zero-order chi connectivity index (χ0) is 13.9. The largest absolute Gasteiger partial charge is 0.434 e. The van der Waals surface area contributed by atoms with E-state index in [1.54, 1.807) is 9.80 Å². The maximum atomic E-state index is 12.3. The molecule has 0 spiro atoms. The van der Waals surface area contributed by atoms with E-state index < -0.39 is 11.9 Å². The number of hydrogen-bond acceptors (Lipinski definition) is 3. The van der Waals surface area contributed by atoms with E-state index in [1.807, 2.05) is 28.2 Å². The van der Waals surface area contributed by atoms with E-state index in [0.717, 1.165) is 16.7 Å². The van der Waals surface area contributed by atoms with Gasteiger partial charge < -0.3 is 9.80 Å². The highest BCUT2D eigenvalue weighted by molar-refractivity contribution is 7.09. The van der Waals surface area contributed by atoms with Gasteiger partial charge in [-0.3, -0.25) is 0 Å². The molecule has 1 aromatic heterocycles. The van der Waals surface area contributed by atoms with E-state index in [0.29, 0.717) is 11.0 Å². The number of thiazole rings is 1. The fourth-order valence-corrected chi connectivity index (χ4v) is 2.06. The molecule has 0 saturated heterocycles. The Kier molecular flexibility index (Phi) is 4.55. The van der Waals surface area contributed by atoms with Gasteiger partial charge in [0.15, 0.2) is 11.7 Å². The van der Waals surface area contributed by atoms with Gasteiger partial charge in [0, 0.05) is 33.6 Å². The summed E-state index contributed by atoms with van der Waals surface area (Å²) < 4.78 is 37.0. The van der Waals surface area contributed by atoms with E-state index in [2.05, 4.69) is 9.98 Å². The zero-order valence-electron chi connectivity index (χ0n) is 10.6. The number of aliphatic imine (C=N–C) groups is 1. The molecule has 102 valence electrons. The van der Waals surface area contributed by atoms with Crippen LogP contribution in [0.5, 0.6) is 0 Å². The van der Waals surface area contributed by atoms with E-state index in [-0.39, 0.29) is 6.54 Å². The SMILES string of the molecule is CN(C)C(=NCc1nc(C(F)(F)F)cs1)N(C)C. The van der Waals surface area contributed by atoms with Gasteiger partial charge in [-0.05, 0) is 0 Å². The molecule has 8 heteroatoms. The van der Waals surface area contributed by atoms with Crippen molar-refractivity contribution < 1.29 is 13.2 Å². The molecule has 0 aliphatic heterocycles. The van der Waals surface area contributed by atoms with Gasteiger partial charge >= 0.3 is 6.18 Å². The Morgan fingerprint density at radius 3 is 2.22 bits per heavy atom. The van der Waals surface area contributed by atoms with Gasteiger partial charge in [-0.1, -0.05) is 0 Å². The molecule has 0 aromatic carbocycles. The molecule has 0 saturated carbocycles. The van der Waals surface area contributed by atoms with Crippen molar-refractivity contribution in [2.75, 3.05) is 28.2 Å². The summed E-state index contributed by atoms with van der Waals surface area (Å²) in [6, 6.07) is 0. The smallest absolute Gasteiger partial charge is 0.349 e. The first kappa shape index (κ1) is 14.7. The van der Waals surface area contributed by atoms with Crippen LogP contribution in [0.1, 0.15) is 10.7 Å². The van der Waals surface area contributed by atoms with Crippen molar-refractivity contribution in [3.8, 4) is 0 Å². The van der Waals surface area contributed by atoms with Gasteiger partial charge in [0.1, 0.15) is 5.01 Å². The first-order valence-electron chi connectivity index (χ1n) is 5.12. The van der Waals surface area contributed by atoms with E-state index in [9.17, 15) is 13.2 Å². The van der Waals surface area contributed by atoms with Crippen LogP contribution in [-0.4, -0.2) is 48.9 Å². The minimum atomic E-state index is -4.38. The van der Waals surface area contributed by atoms with Crippen LogP contribution in [0.15, 0.2) is 10.4 Å². The Balaban J connectivity index is 2.80. The molecule has 1 heterocycles. The second-order valence-corrected chi connectivity index (χ2v) is 4.97. The first-order valence-corrected chi connectivity index (χ1v) is 6.00. The van der Waals surface area contributed by atoms with Gasteiger partial charge in [0.25, 0.3) is 0 Å². The maximum absolute atomic E-state index is 12.3. The molecule has 0 N–H and O–H groups in total. The van der Waals surface area contributed by atoms with Gasteiger partial charge in [-0.15, -0.1) is 11.3 Å². The number of hydrogen-bond donors (Lipinski definition) is 0. The first-order chi connectivity index (χ1) is 8.21. The molecule has 0 aliphatic carbocycles. The molecular formula is C10H15F3N4S. The lowest BCUT2D eigenvalue weighted by Crippen LogP contribution is -2.35. The normalized spacial score (nSPS) is 11.3. The lowest BCUT2D eigenvalue weighted by atomic mass is 10.5. The molecule has 0 bridgehead atoms. The number of rotatable bonds is 2. The molecule has 0 radical (unpaired) electrons. The predicted molar refractivity (Wildman–Crippen MR) is 65.6 cm³/mol. The Bertz CT molecular complexity index is 413. The van der Waals surface area contributed by atoms with Crippen molar-refractivity contribution in [2.24, 2.45) is 4.99 Å². The Morgan fingerprint density at radius 2 is 1.83 bits per heavy atom. The van der Waals surface area contributed by atoms with Crippen molar-refractivity contribution >= 4 is 17.3 Å². The third-order valence-electron chi connectivity index (χ3n) is 2.00. The van der Waals surface area contributed by atoms with Gasteiger partial charge in [-0.25, -0.2) is 9.98 Å². The quantitative estimate of drug-likeness (QED) is 0.614. The topological polar surface area (TPSA) is 31.7 Å². The summed E-state index contributed by atoms with van der Waals surface area (Å²) in [4.78, 5) is 11.3. The van der Waals surface area contributed by atoms with Crippen LogP contribution in [0.25, 0.3) is 0 Å². The standard InChI is InChI=1S/C10H15F3N4S/c1-16(2)9(17(3)4)14-5-8-15-7(6-18-8)10(11,12)13/h6H,5H2,1-4H3. The minimum Gasteiger partial charge on any atom is -0.349 e. The second kappa shape index (κ2) is 5.55. The van der Waals surface area contributed by atoms with Crippen LogP contribution in [0.3, 0.4) is 0 Å². The highest BCUT2D eigenvalue weighted by Crippen LogP contribution is 2.30. The molecule has 0 amide bonds. The van der Waals surface area contributed by atoms with Crippen molar-refractivity contribution in [2.45, 2.75) is 12.7 Å². The summed E-state index contributed by atoms with van der Waals surface area (Å²) in [5.41, 5.74) is -0.853. The van der Waals surface area contributed by atoms with Gasteiger partial charge in [0.05, 0.1) is 6.54 Å². The molecule has 4 nitrogen and oxygen atoms in total. The molecule has 0 unspecified atom stereocenters. The van der Waals surface area contributed by atoms with Crippen LogP contribution >= 0.6 is 11.3 Å². The molecule has 1 aromatic rings. The predicted octanol–water partition coefficient (Wildman–Crippen LogP) is 2.14. The monoisotopic (exact) mass is 280 g/mol. The number of nitrogens with zero attached hydrogens (tertiary/aromatic N) is 4. The third-order valence-corrected chi connectivity index (χ3v) is 2.83. The Hall–Kier alpha value is -1.31. The second-order valence-electron chi connectivity index (χ2n) is 4.03. The van der Waals surface area contributed by atoms with Crippen LogP contribution in [0, 0.1) is 0 Å². The number of alkyl halides is 3. The maximum Gasteiger partial charge on any atom is 0.434 e. The highest BCUT2D eigenvalue weighted by atomic mass is 32.1. The van der Waals surface area contributed by atoms with Gasteiger partial charge in [0.2, 0.25) is 0 Å². The molecule has 0 atom stereocenters. The number of halogens is 3.